The van der Waals surface area contributed by atoms with Gasteiger partial charge in [0.05, 0.1) is 15.6 Å². The van der Waals surface area contributed by atoms with Crippen LogP contribution >= 0.6 is 34.9 Å². The maximum Gasteiger partial charge on any atom is 0.325 e. The minimum absolute atomic E-state index is 0.0318. The number of carbonyl (C=O) groups is 2. The fourth-order valence-electron chi connectivity index (χ4n) is 4.09. The van der Waals surface area contributed by atoms with Crippen LogP contribution in [0.4, 0.5) is 15.6 Å². The fraction of sp³-hybridized carbons (Fsp3) is 0.280. The van der Waals surface area contributed by atoms with Crippen molar-refractivity contribution in [1.82, 2.24) is 25.2 Å². The van der Waals surface area contributed by atoms with Crippen molar-refractivity contribution < 1.29 is 9.59 Å². The first kappa shape index (κ1) is 25.4. The van der Waals surface area contributed by atoms with Crippen LogP contribution < -0.4 is 10.6 Å². The maximum atomic E-state index is 13.0. The summed E-state index contributed by atoms with van der Waals surface area (Å²) in [5.74, 6) is 0.749. The number of amides is 2. The van der Waals surface area contributed by atoms with Crippen LogP contribution in [-0.4, -0.2) is 37.0 Å². The number of urea groups is 1. The molecule has 1 saturated carbocycles. The van der Waals surface area contributed by atoms with E-state index >= 15 is 0 Å². The van der Waals surface area contributed by atoms with Crippen molar-refractivity contribution in [3.8, 4) is 0 Å². The third kappa shape index (κ3) is 6.38. The number of nitrogens with zero attached hydrogens (tertiary/aromatic N) is 5. The number of hydrogen-bond acceptors (Lipinski definition) is 9. The molecule has 2 aromatic heterocycles. The van der Waals surface area contributed by atoms with E-state index in [4.69, 9.17) is 4.98 Å². The molecule has 190 valence electrons. The SMILES string of the molecule is Cn1nnnc1Sc1sc(NC(=O)Nc2ccccc2C(=O)C2CCCC2)nc1CSc1ccccc1. The summed E-state index contributed by atoms with van der Waals surface area (Å²) in [6.07, 6.45) is 3.96. The third-order valence-corrected chi connectivity index (χ3v) is 9.21. The highest BCUT2D eigenvalue weighted by Crippen LogP contribution is 2.39. The van der Waals surface area contributed by atoms with Gasteiger partial charge in [-0.15, -0.1) is 16.9 Å². The molecular formula is C25H25N7O2S3. The van der Waals surface area contributed by atoms with Gasteiger partial charge in [0.25, 0.3) is 0 Å². The number of carbonyl (C=O) groups excluding carboxylic acids is 2. The zero-order valence-electron chi connectivity index (χ0n) is 20.1. The second-order valence-electron chi connectivity index (χ2n) is 8.51. The number of nitrogens with one attached hydrogen (secondary N) is 2. The lowest BCUT2D eigenvalue weighted by molar-refractivity contribution is 0.0923. The predicted octanol–water partition coefficient (Wildman–Crippen LogP) is 6.13. The molecule has 0 spiro atoms. The summed E-state index contributed by atoms with van der Waals surface area (Å²) < 4.78 is 2.49. The van der Waals surface area contributed by atoms with Gasteiger partial charge < -0.3 is 5.32 Å². The third-order valence-electron chi connectivity index (χ3n) is 5.93. The van der Waals surface area contributed by atoms with Crippen molar-refractivity contribution in [1.29, 1.82) is 0 Å². The van der Waals surface area contributed by atoms with Crippen LogP contribution in [0.5, 0.6) is 0 Å². The minimum atomic E-state index is -0.445. The van der Waals surface area contributed by atoms with Gasteiger partial charge in [-0.2, -0.15) is 0 Å². The number of anilines is 2. The summed E-state index contributed by atoms with van der Waals surface area (Å²) in [5, 5.41) is 18.4. The van der Waals surface area contributed by atoms with Crippen molar-refractivity contribution in [2.24, 2.45) is 13.0 Å². The largest absolute Gasteiger partial charge is 0.325 e. The molecule has 0 saturated heterocycles. The normalized spacial score (nSPS) is 13.5. The highest BCUT2D eigenvalue weighted by Gasteiger charge is 2.26. The zero-order valence-corrected chi connectivity index (χ0v) is 22.5. The summed E-state index contributed by atoms with van der Waals surface area (Å²) in [7, 11) is 1.78. The van der Waals surface area contributed by atoms with Crippen molar-refractivity contribution in [2.75, 3.05) is 10.6 Å². The molecule has 4 aromatic rings. The number of aromatic nitrogens is 5. The summed E-state index contributed by atoms with van der Waals surface area (Å²) in [4.78, 5) is 31.8. The van der Waals surface area contributed by atoms with Gasteiger partial charge in [0.2, 0.25) is 5.16 Å². The highest BCUT2D eigenvalue weighted by molar-refractivity contribution is 8.01. The van der Waals surface area contributed by atoms with Gasteiger partial charge in [0.15, 0.2) is 10.9 Å². The molecule has 0 unspecified atom stereocenters. The number of aryl methyl sites for hydroxylation is 1. The molecular weight excluding hydrogens is 527 g/mol. The van der Waals surface area contributed by atoms with Crippen LogP contribution in [0.1, 0.15) is 41.7 Å². The molecule has 9 nitrogen and oxygen atoms in total. The van der Waals surface area contributed by atoms with Crippen LogP contribution in [-0.2, 0) is 12.8 Å². The van der Waals surface area contributed by atoms with Gasteiger partial charge in [-0.1, -0.05) is 54.5 Å². The first-order valence-electron chi connectivity index (χ1n) is 11.9. The van der Waals surface area contributed by atoms with Gasteiger partial charge in [-0.05, 0) is 59.3 Å². The van der Waals surface area contributed by atoms with E-state index < -0.39 is 6.03 Å². The standard InChI is InChI=1S/C25H25N7O2S3/c1-32-25(29-30-31-32)37-22-20(15-35-17-11-3-2-4-12-17)27-24(36-22)28-23(34)26-19-14-8-7-13-18(19)21(33)16-9-5-6-10-16/h2-4,7-8,11-14,16H,5-6,9-10,15H2,1H3,(H2,26,27,28,34). The Morgan fingerprint density at radius 3 is 2.57 bits per heavy atom. The molecule has 0 atom stereocenters. The molecule has 0 radical (unpaired) electrons. The smallest absolute Gasteiger partial charge is 0.307 e. The summed E-state index contributed by atoms with van der Waals surface area (Å²) >= 11 is 4.43. The molecule has 0 aliphatic heterocycles. The Balaban J connectivity index is 1.31. The van der Waals surface area contributed by atoms with E-state index in [0.717, 1.165) is 40.5 Å². The molecule has 37 heavy (non-hydrogen) atoms. The lowest BCUT2D eigenvalue weighted by atomic mass is 9.95. The molecule has 2 aromatic carbocycles. The highest BCUT2D eigenvalue weighted by atomic mass is 32.2. The van der Waals surface area contributed by atoms with Crippen LogP contribution in [0, 0.1) is 5.92 Å². The van der Waals surface area contributed by atoms with E-state index in [2.05, 4.69) is 26.2 Å². The fourth-order valence-corrected chi connectivity index (χ4v) is 7.12. The molecule has 12 heteroatoms. The van der Waals surface area contributed by atoms with E-state index in [9.17, 15) is 9.59 Å². The van der Waals surface area contributed by atoms with E-state index in [-0.39, 0.29) is 11.7 Å². The molecule has 1 aliphatic carbocycles. The van der Waals surface area contributed by atoms with Gasteiger partial charge in [0, 0.05) is 29.2 Å². The number of ketones is 1. The minimum Gasteiger partial charge on any atom is -0.307 e. The number of para-hydroxylation sites is 1. The number of benzene rings is 2. The van der Waals surface area contributed by atoms with E-state index in [1.54, 1.807) is 35.6 Å². The monoisotopic (exact) mass is 551 g/mol. The number of rotatable bonds is 9. The van der Waals surface area contributed by atoms with Crippen LogP contribution in [0.2, 0.25) is 0 Å². The van der Waals surface area contributed by atoms with Crippen molar-refractivity contribution in [2.45, 2.75) is 45.7 Å². The molecule has 2 heterocycles. The van der Waals surface area contributed by atoms with Gasteiger partial charge >= 0.3 is 6.03 Å². The van der Waals surface area contributed by atoms with E-state index in [1.165, 1.54) is 23.1 Å². The average molecular weight is 552 g/mol. The Bertz CT molecular complexity index is 1380. The predicted molar refractivity (Wildman–Crippen MR) is 146 cm³/mol. The first-order valence-corrected chi connectivity index (χ1v) is 14.5. The average Bonchev–Trinajstić information content (AvgIpc) is 3.66. The Kier molecular flexibility index (Phi) is 8.17. The van der Waals surface area contributed by atoms with E-state index in [0.29, 0.717) is 27.3 Å². The quantitative estimate of drug-likeness (QED) is 0.189. The zero-order chi connectivity index (χ0) is 25.6. The van der Waals surface area contributed by atoms with Gasteiger partial charge in [0.1, 0.15) is 0 Å². The second-order valence-corrected chi connectivity index (χ2v) is 11.8. The van der Waals surface area contributed by atoms with Gasteiger partial charge in [-0.25, -0.2) is 14.5 Å². The lowest BCUT2D eigenvalue weighted by Gasteiger charge is -2.13. The van der Waals surface area contributed by atoms with Crippen LogP contribution in [0.15, 0.2) is 68.9 Å². The lowest BCUT2D eigenvalue weighted by Crippen LogP contribution is -2.22. The number of thioether (sulfide) groups is 1. The molecule has 2 N–H and O–H groups in total. The van der Waals surface area contributed by atoms with Crippen LogP contribution in [0.3, 0.4) is 0 Å². The molecule has 2 amide bonds. The molecule has 5 rings (SSSR count). The van der Waals surface area contributed by atoms with Gasteiger partial charge in [-0.3, -0.25) is 10.1 Å². The summed E-state index contributed by atoms with van der Waals surface area (Å²) in [6.45, 7) is 0. The maximum absolute atomic E-state index is 13.0. The number of Topliss-reactive ketones (excluding diaryl/α,β-unsaturated/α-hetero) is 1. The Hall–Kier alpha value is -3.22. The van der Waals surface area contributed by atoms with Crippen LogP contribution in [0.25, 0.3) is 0 Å². The number of tetrazole rings is 1. The van der Waals surface area contributed by atoms with E-state index in [1.807, 2.05) is 42.5 Å². The Morgan fingerprint density at radius 2 is 1.81 bits per heavy atom. The summed E-state index contributed by atoms with van der Waals surface area (Å²) in [5.41, 5.74) is 1.89. The number of hydrogen-bond donors (Lipinski definition) is 2. The molecule has 0 bridgehead atoms. The topological polar surface area (TPSA) is 115 Å². The molecule has 1 aliphatic rings. The number of thiazole rings is 1. The van der Waals surface area contributed by atoms with Crippen molar-refractivity contribution in [3.05, 3.63) is 65.9 Å². The second kappa shape index (κ2) is 11.9. The van der Waals surface area contributed by atoms with Crippen molar-refractivity contribution in [3.63, 3.8) is 0 Å². The Morgan fingerprint density at radius 1 is 1.05 bits per heavy atom. The molecule has 1 fully saturated rings. The van der Waals surface area contributed by atoms with Crippen molar-refractivity contribution >= 4 is 57.5 Å². The first-order chi connectivity index (χ1) is 18.1. The Labute approximate surface area is 226 Å². The summed E-state index contributed by atoms with van der Waals surface area (Å²) in [6, 6.07) is 16.8.